The molecule has 1 saturated heterocycles. The zero-order valence-electron chi connectivity index (χ0n) is 15.5. The summed E-state index contributed by atoms with van der Waals surface area (Å²) in [6.07, 6.45) is 9.15. The lowest BCUT2D eigenvalue weighted by Gasteiger charge is -2.31. The first-order valence-corrected chi connectivity index (χ1v) is 9.73. The molecule has 1 saturated carbocycles. The normalized spacial score (nSPS) is 22.5. The van der Waals surface area contributed by atoms with Crippen LogP contribution in [0.1, 0.15) is 69.3 Å². The molecule has 0 radical (unpaired) electrons. The second kappa shape index (κ2) is 7.68. The molecule has 1 aromatic heterocycles. The number of nitrogens with one attached hydrogen (secondary N) is 1. The molecular formula is C19H32N4O. The van der Waals surface area contributed by atoms with E-state index in [9.17, 15) is 4.79 Å². The fraction of sp³-hybridized carbons (Fsp3) is 0.789. The Morgan fingerprint density at radius 3 is 2.54 bits per heavy atom. The van der Waals surface area contributed by atoms with Gasteiger partial charge in [-0.3, -0.25) is 9.48 Å². The first-order chi connectivity index (χ1) is 11.7. The molecule has 5 heteroatoms. The van der Waals surface area contributed by atoms with Crippen molar-refractivity contribution < 1.29 is 4.79 Å². The van der Waals surface area contributed by atoms with Gasteiger partial charge in [-0.25, -0.2) is 0 Å². The molecular weight excluding hydrogens is 300 g/mol. The van der Waals surface area contributed by atoms with Gasteiger partial charge >= 0.3 is 0 Å². The predicted molar refractivity (Wildman–Crippen MR) is 95.8 cm³/mol. The molecule has 2 aliphatic rings. The molecule has 0 bridgehead atoms. The van der Waals surface area contributed by atoms with Gasteiger partial charge in [0.05, 0.1) is 11.7 Å². The lowest BCUT2D eigenvalue weighted by molar-refractivity contribution is -0.132. The van der Waals surface area contributed by atoms with Gasteiger partial charge in [0.2, 0.25) is 5.91 Å². The summed E-state index contributed by atoms with van der Waals surface area (Å²) < 4.78 is 2.00. The van der Waals surface area contributed by atoms with Gasteiger partial charge < -0.3 is 10.2 Å². The van der Waals surface area contributed by atoms with Crippen LogP contribution in [0.5, 0.6) is 0 Å². The van der Waals surface area contributed by atoms with E-state index in [4.69, 9.17) is 0 Å². The zero-order chi connectivity index (χ0) is 17.1. The molecule has 1 aromatic rings. The molecule has 3 rings (SSSR count). The number of hydrogen-bond donors (Lipinski definition) is 1. The summed E-state index contributed by atoms with van der Waals surface area (Å²) in [5, 5.41) is 8.17. The van der Waals surface area contributed by atoms with Crippen molar-refractivity contribution in [3.63, 3.8) is 0 Å². The average molecular weight is 332 g/mol. The number of amides is 1. The maximum Gasteiger partial charge on any atom is 0.240 e. The van der Waals surface area contributed by atoms with Gasteiger partial charge in [0.25, 0.3) is 0 Å². The number of aromatic nitrogens is 2. The zero-order valence-corrected chi connectivity index (χ0v) is 15.5. The number of nitrogens with zero attached hydrogens (tertiary/aromatic N) is 3. The van der Waals surface area contributed by atoms with E-state index in [2.05, 4.69) is 29.2 Å². The SMILES string of the molecule is CCc1nn(C)c(CC)c1CN[C@H]1CCN(C2CCCCC2)C1=O. The summed E-state index contributed by atoms with van der Waals surface area (Å²) in [6.45, 7) is 6.01. The summed E-state index contributed by atoms with van der Waals surface area (Å²) in [5.41, 5.74) is 3.75. The Bertz CT molecular complexity index is 574. The van der Waals surface area contributed by atoms with Gasteiger partial charge in [0, 0.05) is 37.4 Å². The maximum atomic E-state index is 12.8. The third kappa shape index (κ3) is 3.37. The highest BCUT2D eigenvalue weighted by Gasteiger charge is 2.36. The first-order valence-electron chi connectivity index (χ1n) is 9.73. The number of aryl methyl sites for hydroxylation is 2. The van der Waals surface area contributed by atoms with E-state index in [1.807, 2.05) is 11.7 Å². The second-order valence-electron chi connectivity index (χ2n) is 7.25. The third-order valence-corrected chi connectivity index (χ3v) is 5.81. The Labute approximate surface area is 145 Å². The van der Waals surface area contributed by atoms with E-state index < -0.39 is 0 Å². The summed E-state index contributed by atoms with van der Waals surface area (Å²) in [5.74, 6) is 0.321. The molecule has 134 valence electrons. The van der Waals surface area contributed by atoms with Crippen LogP contribution in [-0.2, 0) is 31.2 Å². The van der Waals surface area contributed by atoms with Crippen molar-refractivity contribution in [3.05, 3.63) is 17.0 Å². The minimum Gasteiger partial charge on any atom is -0.338 e. The molecule has 2 heterocycles. The van der Waals surface area contributed by atoms with E-state index in [1.54, 1.807) is 0 Å². The van der Waals surface area contributed by atoms with E-state index in [0.29, 0.717) is 11.9 Å². The number of hydrogen-bond acceptors (Lipinski definition) is 3. The van der Waals surface area contributed by atoms with Crippen LogP contribution in [0.25, 0.3) is 0 Å². The van der Waals surface area contributed by atoms with Crippen LogP contribution in [0, 0.1) is 0 Å². The van der Waals surface area contributed by atoms with Crippen LogP contribution in [0.15, 0.2) is 0 Å². The van der Waals surface area contributed by atoms with Crippen molar-refractivity contribution >= 4 is 5.91 Å². The molecule has 1 aliphatic heterocycles. The minimum atomic E-state index is -0.0125. The first kappa shape index (κ1) is 17.5. The Balaban J connectivity index is 1.62. The fourth-order valence-electron chi connectivity index (χ4n) is 4.47. The second-order valence-corrected chi connectivity index (χ2v) is 7.25. The largest absolute Gasteiger partial charge is 0.338 e. The van der Waals surface area contributed by atoms with Crippen LogP contribution in [0.3, 0.4) is 0 Å². The molecule has 0 spiro atoms. The molecule has 1 N–H and O–H groups in total. The van der Waals surface area contributed by atoms with Crippen LogP contribution >= 0.6 is 0 Å². The molecule has 5 nitrogen and oxygen atoms in total. The van der Waals surface area contributed by atoms with Crippen LogP contribution < -0.4 is 5.32 Å². The topological polar surface area (TPSA) is 50.2 Å². The number of carbonyl (C=O) groups is 1. The summed E-state index contributed by atoms with van der Waals surface area (Å²) in [4.78, 5) is 14.9. The lowest BCUT2D eigenvalue weighted by atomic mass is 9.94. The smallest absolute Gasteiger partial charge is 0.240 e. The van der Waals surface area contributed by atoms with Crippen molar-refractivity contribution in [1.29, 1.82) is 0 Å². The molecule has 1 amide bonds. The van der Waals surface area contributed by atoms with Gasteiger partial charge in [-0.15, -0.1) is 0 Å². The summed E-state index contributed by atoms with van der Waals surface area (Å²) >= 11 is 0. The van der Waals surface area contributed by atoms with Crippen molar-refractivity contribution in [1.82, 2.24) is 20.0 Å². The highest BCUT2D eigenvalue weighted by atomic mass is 16.2. The number of rotatable bonds is 6. The van der Waals surface area contributed by atoms with Crippen molar-refractivity contribution in [2.24, 2.45) is 7.05 Å². The Morgan fingerprint density at radius 2 is 1.88 bits per heavy atom. The van der Waals surface area contributed by atoms with Crippen molar-refractivity contribution in [3.8, 4) is 0 Å². The van der Waals surface area contributed by atoms with Crippen molar-refractivity contribution in [2.75, 3.05) is 6.54 Å². The fourth-order valence-corrected chi connectivity index (χ4v) is 4.47. The van der Waals surface area contributed by atoms with E-state index in [0.717, 1.165) is 38.0 Å². The van der Waals surface area contributed by atoms with Gasteiger partial charge in [0.1, 0.15) is 0 Å². The summed E-state index contributed by atoms with van der Waals surface area (Å²) in [6, 6.07) is 0.482. The quantitative estimate of drug-likeness (QED) is 0.871. The highest BCUT2D eigenvalue weighted by Crippen LogP contribution is 2.26. The maximum absolute atomic E-state index is 12.8. The summed E-state index contributed by atoms with van der Waals surface area (Å²) in [7, 11) is 2.02. The molecule has 2 fully saturated rings. The van der Waals surface area contributed by atoms with Gasteiger partial charge in [0.15, 0.2) is 0 Å². The standard InChI is InChI=1S/C19H32N4O/c1-4-16-15(18(5-2)22(3)21-16)13-20-17-11-12-23(19(17)24)14-9-7-6-8-10-14/h14,17,20H,4-13H2,1-3H3/t17-/m0/s1. The van der Waals surface area contributed by atoms with E-state index >= 15 is 0 Å². The van der Waals surface area contributed by atoms with Gasteiger partial charge in [-0.05, 0) is 32.1 Å². The lowest BCUT2D eigenvalue weighted by Crippen LogP contribution is -2.43. The average Bonchev–Trinajstić information content (AvgIpc) is 3.12. The van der Waals surface area contributed by atoms with E-state index in [-0.39, 0.29) is 6.04 Å². The van der Waals surface area contributed by atoms with Gasteiger partial charge in [-0.2, -0.15) is 5.10 Å². The molecule has 0 aromatic carbocycles. The van der Waals surface area contributed by atoms with Crippen molar-refractivity contribution in [2.45, 2.75) is 83.8 Å². The third-order valence-electron chi connectivity index (χ3n) is 5.81. The van der Waals surface area contributed by atoms with Crippen LogP contribution in [-0.4, -0.2) is 39.2 Å². The minimum absolute atomic E-state index is 0.0125. The molecule has 0 unspecified atom stereocenters. The van der Waals surface area contributed by atoms with Gasteiger partial charge in [-0.1, -0.05) is 33.1 Å². The van der Waals surface area contributed by atoms with Crippen LogP contribution in [0.2, 0.25) is 0 Å². The van der Waals surface area contributed by atoms with Crippen LogP contribution in [0.4, 0.5) is 0 Å². The number of likely N-dealkylation sites (tertiary alicyclic amines) is 1. The molecule has 1 aliphatic carbocycles. The predicted octanol–water partition coefficient (Wildman–Crippen LogP) is 2.57. The van der Waals surface area contributed by atoms with E-state index in [1.165, 1.54) is 43.4 Å². The highest BCUT2D eigenvalue weighted by molar-refractivity contribution is 5.84. The number of carbonyl (C=O) groups excluding carboxylic acids is 1. The molecule has 1 atom stereocenters. The Kier molecular flexibility index (Phi) is 5.59. The monoisotopic (exact) mass is 332 g/mol. The Morgan fingerprint density at radius 1 is 1.12 bits per heavy atom. The Hall–Kier alpha value is -1.36. The molecule has 24 heavy (non-hydrogen) atoms.